The first-order chi connectivity index (χ1) is 15.7. The Hall–Kier alpha value is -2.59. The molecule has 4 aromatic rings. The van der Waals surface area contributed by atoms with Crippen LogP contribution in [0.3, 0.4) is 0 Å². The van der Waals surface area contributed by atoms with Gasteiger partial charge in [-0.05, 0) is 52.0 Å². The average molecular weight is 485 g/mol. The molecule has 0 spiro atoms. The molecule has 0 radical (unpaired) electrons. The first-order valence-corrected chi connectivity index (χ1v) is 13.1. The summed E-state index contributed by atoms with van der Waals surface area (Å²) >= 11 is 3.30. The van der Waals surface area contributed by atoms with E-state index in [0.29, 0.717) is 19.0 Å². The van der Waals surface area contributed by atoms with Gasteiger partial charge in [0.25, 0.3) is 0 Å². The van der Waals surface area contributed by atoms with E-state index in [1.54, 1.807) is 28.0 Å². The van der Waals surface area contributed by atoms with E-state index in [9.17, 15) is 4.79 Å². The van der Waals surface area contributed by atoms with Crippen LogP contribution in [0.4, 0.5) is 4.79 Å². The molecule has 0 N–H and O–H groups in total. The van der Waals surface area contributed by atoms with E-state index in [0.717, 1.165) is 49.9 Å². The molecule has 10 heteroatoms. The summed E-state index contributed by atoms with van der Waals surface area (Å²) in [6.07, 6.45) is 7.69. The number of thioether (sulfide) groups is 1. The molecule has 1 aliphatic heterocycles. The number of imidazole rings is 1. The summed E-state index contributed by atoms with van der Waals surface area (Å²) in [5.74, 6) is 0.330. The van der Waals surface area contributed by atoms with Crippen LogP contribution in [0.1, 0.15) is 45.2 Å². The fourth-order valence-electron chi connectivity index (χ4n) is 4.22. The van der Waals surface area contributed by atoms with Crippen molar-refractivity contribution in [1.82, 2.24) is 29.3 Å². The van der Waals surface area contributed by atoms with E-state index < -0.39 is 5.60 Å². The number of nitrogens with zero attached hydrogens (tertiary/aromatic N) is 6. The van der Waals surface area contributed by atoms with Crippen molar-refractivity contribution >= 4 is 45.1 Å². The number of aromatic nitrogens is 5. The molecule has 33 heavy (non-hydrogen) atoms. The molecule has 8 nitrogen and oxygen atoms in total. The maximum absolute atomic E-state index is 12.3. The molecule has 0 bridgehead atoms. The lowest BCUT2D eigenvalue weighted by Gasteiger charge is -2.32. The van der Waals surface area contributed by atoms with Crippen LogP contribution in [0, 0.1) is 0 Å². The average Bonchev–Trinajstić information content (AvgIpc) is 3.43. The van der Waals surface area contributed by atoms with Gasteiger partial charge in [-0.2, -0.15) is 10.2 Å². The highest BCUT2D eigenvalue weighted by Crippen LogP contribution is 2.35. The maximum atomic E-state index is 12.3. The highest BCUT2D eigenvalue weighted by molar-refractivity contribution is 7.98. The summed E-state index contributed by atoms with van der Waals surface area (Å²) in [5, 5.41) is 11.5. The van der Waals surface area contributed by atoms with Crippen LogP contribution >= 0.6 is 23.1 Å². The molecule has 1 amide bonds. The number of hydrogen-bond donors (Lipinski definition) is 0. The largest absolute Gasteiger partial charge is 0.444 e. The van der Waals surface area contributed by atoms with Crippen molar-refractivity contribution in [2.75, 3.05) is 19.3 Å². The van der Waals surface area contributed by atoms with Gasteiger partial charge in [0.15, 0.2) is 0 Å². The van der Waals surface area contributed by atoms with E-state index in [1.807, 2.05) is 49.4 Å². The van der Waals surface area contributed by atoms with Crippen molar-refractivity contribution in [2.24, 2.45) is 7.05 Å². The molecule has 1 aromatic carbocycles. The lowest BCUT2D eigenvalue weighted by molar-refractivity contribution is 0.0204. The van der Waals surface area contributed by atoms with Gasteiger partial charge in [-0.15, -0.1) is 11.8 Å². The molecular weight excluding hydrogens is 456 g/mol. The first-order valence-electron chi connectivity index (χ1n) is 11.1. The summed E-state index contributed by atoms with van der Waals surface area (Å²) in [4.78, 5) is 21.1. The molecule has 1 saturated heterocycles. The van der Waals surface area contributed by atoms with Crippen molar-refractivity contribution in [2.45, 2.75) is 50.0 Å². The fourth-order valence-corrected chi connectivity index (χ4v) is 5.69. The molecule has 3 aromatic heterocycles. The summed E-state index contributed by atoms with van der Waals surface area (Å²) in [7, 11) is 1.95. The highest BCUT2D eigenvalue weighted by Gasteiger charge is 2.29. The number of amides is 1. The van der Waals surface area contributed by atoms with Gasteiger partial charge in [-0.3, -0.25) is 4.68 Å². The van der Waals surface area contributed by atoms with Crippen molar-refractivity contribution in [3.05, 3.63) is 30.2 Å². The van der Waals surface area contributed by atoms with E-state index in [-0.39, 0.29) is 6.09 Å². The van der Waals surface area contributed by atoms with Crippen molar-refractivity contribution in [1.29, 1.82) is 0 Å². The predicted octanol–water partition coefficient (Wildman–Crippen LogP) is 5.18. The number of benzene rings is 1. The first kappa shape index (κ1) is 22.2. The van der Waals surface area contributed by atoms with E-state index >= 15 is 0 Å². The Morgan fingerprint density at radius 1 is 1.18 bits per heavy atom. The Morgan fingerprint density at radius 2 is 1.94 bits per heavy atom. The maximum Gasteiger partial charge on any atom is 0.410 e. The Labute approximate surface area is 200 Å². The van der Waals surface area contributed by atoms with Crippen LogP contribution < -0.4 is 0 Å². The minimum Gasteiger partial charge on any atom is -0.444 e. The van der Waals surface area contributed by atoms with Gasteiger partial charge >= 0.3 is 6.09 Å². The third-order valence-electron chi connectivity index (χ3n) is 5.78. The minimum atomic E-state index is -0.469. The number of hydrogen-bond acceptors (Lipinski definition) is 7. The lowest BCUT2D eigenvalue weighted by Crippen LogP contribution is -2.41. The van der Waals surface area contributed by atoms with Gasteiger partial charge in [0.05, 0.1) is 11.9 Å². The molecule has 174 valence electrons. The number of fused-ring (bicyclic) bond motifs is 2. The number of aryl methyl sites for hydroxylation is 1. The van der Waals surface area contributed by atoms with Crippen LogP contribution in [0.25, 0.3) is 26.4 Å². The van der Waals surface area contributed by atoms with Gasteiger partial charge < -0.3 is 9.64 Å². The van der Waals surface area contributed by atoms with Gasteiger partial charge in [0, 0.05) is 48.1 Å². The second kappa shape index (κ2) is 8.32. The third kappa shape index (κ3) is 4.46. The molecule has 5 rings (SSSR count). The normalized spacial score (nSPS) is 15.6. The number of likely N-dealkylation sites (tertiary alicyclic amines) is 1. The number of piperidine rings is 1. The van der Waals surface area contributed by atoms with Crippen molar-refractivity contribution < 1.29 is 9.53 Å². The summed E-state index contributed by atoms with van der Waals surface area (Å²) in [5.41, 5.74) is 2.69. The monoisotopic (exact) mass is 484 g/mol. The number of carbonyl (C=O) groups is 1. The van der Waals surface area contributed by atoms with Crippen molar-refractivity contribution in [3.8, 4) is 10.6 Å². The standard InChI is InChI=1S/C23H28N6O2S2/c1-23(2,3)31-22(30)28-8-6-14(7-9-28)17-13-29-21(24-17)33-20(26-29)15-10-16-12-27(4)25-19(16)18(11-15)32-5/h10-14H,6-9H2,1-5H3. The molecule has 0 unspecified atom stereocenters. The second-order valence-corrected chi connectivity index (χ2v) is 11.3. The Morgan fingerprint density at radius 3 is 2.61 bits per heavy atom. The molecule has 0 aliphatic carbocycles. The van der Waals surface area contributed by atoms with Crippen molar-refractivity contribution in [3.63, 3.8) is 0 Å². The van der Waals surface area contributed by atoms with Crippen LogP contribution in [0.5, 0.6) is 0 Å². The predicted molar refractivity (Wildman–Crippen MR) is 132 cm³/mol. The van der Waals surface area contributed by atoms with E-state index in [1.165, 1.54) is 0 Å². The SMILES string of the molecule is CSc1cc(-c2nn3cc(C4CCN(C(=O)OC(C)(C)C)CC4)nc3s2)cc2cn(C)nc12. The summed E-state index contributed by atoms with van der Waals surface area (Å²) in [6, 6.07) is 4.30. The molecule has 0 saturated carbocycles. The van der Waals surface area contributed by atoms with Gasteiger partial charge in [0.1, 0.15) is 16.1 Å². The number of ether oxygens (including phenoxy) is 1. The van der Waals surface area contributed by atoms with Crippen LogP contribution in [-0.4, -0.2) is 60.3 Å². The second-order valence-electron chi connectivity index (χ2n) is 9.46. The van der Waals surface area contributed by atoms with Crippen LogP contribution in [-0.2, 0) is 11.8 Å². The molecule has 1 fully saturated rings. The number of carbonyl (C=O) groups excluding carboxylic acids is 1. The smallest absolute Gasteiger partial charge is 0.410 e. The zero-order valence-corrected chi connectivity index (χ0v) is 21.2. The summed E-state index contributed by atoms with van der Waals surface area (Å²) in [6.45, 7) is 7.06. The van der Waals surface area contributed by atoms with E-state index in [2.05, 4.69) is 23.5 Å². The Balaban J connectivity index is 1.33. The zero-order valence-electron chi connectivity index (χ0n) is 19.5. The van der Waals surface area contributed by atoms with Gasteiger partial charge in [-0.1, -0.05) is 11.3 Å². The number of rotatable bonds is 3. The molecule has 0 atom stereocenters. The topological polar surface area (TPSA) is 77.5 Å². The molecular formula is C23H28N6O2S2. The highest BCUT2D eigenvalue weighted by atomic mass is 32.2. The quantitative estimate of drug-likeness (QED) is 0.373. The summed E-state index contributed by atoms with van der Waals surface area (Å²) < 4.78 is 9.25. The third-order valence-corrected chi connectivity index (χ3v) is 7.50. The Bertz CT molecular complexity index is 1290. The fraction of sp³-hybridized carbons (Fsp3) is 0.478. The molecule has 4 heterocycles. The van der Waals surface area contributed by atoms with Gasteiger partial charge in [-0.25, -0.2) is 14.3 Å². The minimum absolute atomic E-state index is 0.228. The van der Waals surface area contributed by atoms with Crippen LogP contribution in [0.2, 0.25) is 0 Å². The Kier molecular flexibility index (Phi) is 5.60. The van der Waals surface area contributed by atoms with E-state index in [4.69, 9.17) is 14.8 Å². The van der Waals surface area contributed by atoms with Crippen LogP contribution in [0.15, 0.2) is 29.4 Å². The zero-order chi connectivity index (χ0) is 23.3. The molecule has 1 aliphatic rings. The van der Waals surface area contributed by atoms with Gasteiger partial charge in [0.2, 0.25) is 4.96 Å². The lowest BCUT2D eigenvalue weighted by atomic mass is 9.94.